The first-order valence-electron chi connectivity index (χ1n) is 11.6. The maximum absolute atomic E-state index is 13.0. The molecule has 0 bridgehead atoms. The van der Waals surface area contributed by atoms with Crippen LogP contribution in [0, 0.1) is 0 Å². The molecule has 1 aromatic heterocycles. The van der Waals surface area contributed by atoms with Gasteiger partial charge in [0.25, 0.3) is 5.91 Å². The van der Waals surface area contributed by atoms with Crippen LogP contribution in [0.15, 0.2) is 59.2 Å². The molecule has 2 aliphatic heterocycles. The Kier molecular flexibility index (Phi) is 6.33. The summed E-state index contributed by atoms with van der Waals surface area (Å²) in [5.41, 5.74) is 10.2. The van der Waals surface area contributed by atoms with Gasteiger partial charge >= 0.3 is 0 Å². The Morgan fingerprint density at radius 3 is 2.59 bits per heavy atom. The Balaban J connectivity index is 1.49. The molecule has 3 aromatic rings. The van der Waals surface area contributed by atoms with Crippen molar-refractivity contribution in [2.24, 2.45) is 5.73 Å². The number of ether oxygens (including phenoxy) is 1. The van der Waals surface area contributed by atoms with Crippen LogP contribution in [-0.2, 0) is 11.3 Å². The van der Waals surface area contributed by atoms with Gasteiger partial charge in [-0.1, -0.05) is 0 Å². The zero-order valence-corrected chi connectivity index (χ0v) is 19.0. The number of hydrogen-bond donors (Lipinski definition) is 2. The van der Waals surface area contributed by atoms with E-state index in [-0.39, 0.29) is 5.91 Å². The molecule has 0 spiro atoms. The van der Waals surface area contributed by atoms with E-state index in [1.54, 1.807) is 18.4 Å². The van der Waals surface area contributed by atoms with Crippen LogP contribution in [0.5, 0.6) is 0 Å². The van der Waals surface area contributed by atoms with E-state index in [1.807, 2.05) is 36.4 Å². The number of hydrogen-bond acceptors (Lipinski definition) is 6. The van der Waals surface area contributed by atoms with Crippen LogP contribution in [0.2, 0.25) is 0 Å². The van der Waals surface area contributed by atoms with Gasteiger partial charge in [-0.05, 0) is 60.5 Å². The average Bonchev–Trinajstić information content (AvgIpc) is 3.53. The molecule has 3 N–H and O–H groups in total. The quantitative estimate of drug-likeness (QED) is 0.536. The third-order valence-corrected chi connectivity index (χ3v) is 6.44. The topological polar surface area (TPSA) is 101 Å². The van der Waals surface area contributed by atoms with E-state index >= 15 is 0 Å². The Morgan fingerprint density at radius 2 is 1.88 bits per heavy atom. The number of nitrogens with one attached hydrogen (secondary N) is 1. The second-order valence-electron chi connectivity index (χ2n) is 8.52. The van der Waals surface area contributed by atoms with E-state index in [4.69, 9.17) is 14.9 Å². The van der Waals surface area contributed by atoms with Crippen molar-refractivity contribution < 1.29 is 18.7 Å². The first-order valence-corrected chi connectivity index (χ1v) is 11.6. The van der Waals surface area contributed by atoms with Gasteiger partial charge in [0.2, 0.25) is 5.91 Å². The summed E-state index contributed by atoms with van der Waals surface area (Å²) in [6.45, 7) is 5.51. The van der Waals surface area contributed by atoms with Crippen LogP contribution in [0.4, 0.5) is 11.4 Å². The minimum Gasteiger partial charge on any atom is -0.464 e. The number of nitrogens with zero attached hydrogens (tertiary/aromatic N) is 2. The summed E-state index contributed by atoms with van der Waals surface area (Å²) in [5.74, 6) is 0.183. The van der Waals surface area contributed by atoms with Crippen molar-refractivity contribution in [2.45, 2.75) is 13.0 Å². The molecule has 0 unspecified atom stereocenters. The van der Waals surface area contributed by atoms with Crippen molar-refractivity contribution in [1.29, 1.82) is 0 Å². The molecule has 5 rings (SSSR count). The highest BCUT2D eigenvalue weighted by Crippen LogP contribution is 2.38. The number of fused-ring (bicyclic) bond motifs is 1. The molecule has 8 heteroatoms. The number of rotatable bonds is 8. The minimum atomic E-state index is -0.464. The summed E-state index contributed by atoms with van der Waals surface area (Å²) in [5, 5.41) is 2.98. The number of carbonyl (C=O) groups is 2. The van der Waals surface area contributed by atoms with Gasteiger partial charge < -0.3 is 25.1 Å². The predicted molar refractivity (Wildman–Crippen MR) is 129 cm³/mol. The summed E-state index contributed by atoms with van der Waals surface area (Å²) >= 11 is 0. The Morgan fingerprint density at radius 1 is 1.09 bits per heavy atom. The van der Waals surface area contributed by atoms with Crippen LogP contribution < -0.4 is 16.0 Å². The lowest BCUT2D eigenvalue weighted by Gasteiger charge is -2.30. The second-order valence-corrected chi connectivity index (χ2v) is 8.52. The lowest BCUT2D eigenvalue weighted by molar-refractivity contribution is 0.0377. The number of carbonyl (C=O) groups excluding carboxylic acids is 2. The summed E-state index contributed by atoms with van der Waals surface area (Å²) in [4.78, 5) is 29.1. The van der Waals surface area contributed by atoms with E-state index < -0.39 is 5.91 Å². The molecule has 0 atom stereocenters. The number of amides is 2. The van der Waals surface area contributed by atoms with Crippen LogP contribution >= 0.6 is 0 Å². The van der Waals surface area contributed by atoms with Gasteiger partial charge in [0.05, 0.1) is 30.7 Å². The van der Waals surface area contributed by atoms with E-state index in [0.717, 1.165) is 67.5 Å². The Bertz CT molecular complexity index is 1170. The van der Waals surface area contributed by atoms with E-state index in [0.29, 0.717) is 24.2 Å². The minimum absolute atomic E-state index is 0.0923. The lowest BCUT2D eigenvalue weighted by Crippen LogP contribution is -2.38. The summed E-state index contributed by atoms with van der Waals surface area (Å²) in [7, 11) is 0. The van der Waals surface area contributed by atoms with Crippen LogP contribution in [0.3, 0.4) is 0 Å². The van der Waals surface area contributed by atoms with Crippen molar-refractivity contribution in [3.63, 3.8) is 0 Å². The summed E-state index contributed by atoms with van der Waals surface area (Å²) in [6.07, 6.45) is 2.55. The van der Waals surface area contributed by atoms with Crippen molar-refractivity contribution in [3.8, 4) is 11.3 Å². The number of furan rings is 1. The van der Waals surface area contributed by atoms with Gasteiger partial charge in [0, 0.05) is 49.5 Å². The highest BCUT2D eigenvalue weighted by molar-refractivity contribution is 6.06. The number of anilines is 2. The molecule has 8 nitrogen and oxygen atoms in total. The van der Waals surface area contributed by atoms with Gasteiger partial charge in [-0.25, -0.2) is 0 Å². The number of primary amides is 1. The number of nitrogens with two attached hydrogens (primary N) is 1. The molecule has 0 saturated carbocycles. The molecule has 176 valence electrons. The van der Waals surface area contributed by atoms with Crippen molar-refractivity contribution in [3.05, 3.63) is 71.5 Å². The van der Waals surface area contributed by atoms with Gasteiger partial charge in [-0.15, -0.1) is 0 Å². The lowest BCUT2D eigenvalue weighted by atomic mass is 9.98. The average molecular weight is 461 g/mol. The highest BCUT2D eigenvalue weighted by Gasteiger charge is 2.29. The standard InChI is InChI=1S/C26H28N4O4/c27-25(31)18-4-6-19(7-5-18)30(11-2-10-29-12-15-33-16-13-29)22-9-8-20(23-3-1-14-34-23)21-17-28-26(32)24(21)22/h1,3-9,14H,2,10-13,15-17H2,(H2,27,31)(H,28,32). The van der Waals surface area contributed by atoms with Gasteiger partial charge in [0.1, 0.15) is 5.76 Å². The third-order valence-electron chi connectivity index (χ3n) is 6.44. The Labute approximate surface area is 198 Å². The number of morpholine rings is 1. The molecule has 34 heavy (non-hydrogen) atoms. The van der Waals surface area contributed by atoms with E-state index in [9.17, 15) is 9.59 Å². The SMILES string of the molecule is NC(=O)c1ccc(N(CCCN2CCOCC2)c2ccc(-c3ccco3)c3c2C(=O)NC3)cc1. The summed E-state index contributed by atoms with van der Waals surface area (Å²) in [6, 6.07) is 15.0. The fourth-order valence-corrected chi connectivity index (χ4v) is 4.69. The van der Waals surface area contributed by atoms with Crippen LogP contribution in [0.25, 0.3) is 11.3 Å². The molecule has 2 amide bonds. The number of benzene rings is 2. The molecule has 2 aliphatic rings. The van der Waals surface area contributed by atoms with Crippen molar-refractivity contribution in [2.75, 3.05) is 44.3 Å². The molecular weight excluding hydrogens is 432 g/mol. The fourth-order valence-electron chi connectivity index (χ4n) is 4.69. The molecule has 3 heterocycles. The van der Waals surface area contributed by atoms with E-state index in [2.05, 4.69) is 15.1 Å². The van der Waals surface area contributed by atoms with E-state index in [1.165, 1.54) is 0 Å². The maximum Gasteiger partial charge on any atom is 0.254 e. The van der Waals surface area contributed by atoms with Crippen molar-refractivity contribution >= 4 is 23.2 Å². The van der Waals surface area contributed by atoms with Crippen molar-refractivity contribution in [1.82, 2.24) is 10.2 Å². The normalized spacial score (nSPS) is 15.7. The Hall–Kier alpha value is -3.62. The molecular formula is C26H28N4O4. The van der Waals surface area contributed by atoms with Gasteiger partial charge in [0.15, 0.2) is 0 Å². The first kappa shape index (κ1) is 22.2. The first-order chi connectivity index (χ1) is 16.6. The highest BCUT2D eigenvalue weighted by atomic mass is 16.5. The zero-order chi connectivity index (χ0) is 23.5. The molecule has 1 saturated heterocycles. The van der Waals surface area contributed by atoms with Crippen LogP contribution in [-0.4, -0.2) is 56.1 Å². The van der Waals surface area contributed by atoms with Crippen LogP contribution in [0.1, 0.15) is 32.7 Å². The monoisotopic (exact) mass is 460 g/mol. The van der Waals surface area contributed by atoms with Gasteiger partial charge in [-0.2, -0.15) is 0 Å². The molecule has 0 aliphatic carbocycles. The summed E-state index contributed by atoms with van der Waals surface area (Å²) < 4.78 is 11.1. The fraction of sp³-hybridized carbons (Fsp3) is 0.308. The zero-order valence-electron chi connectivity index (χ0n) is 19.0. The molecule has 0 radical (unpaired) electrons. The maximum atomic E-state index is 13.0. The molecule has 2 aromatic carbocycles. The molecule has 1 fully saturated rings. The second kappa shape index (κ2) is 9.70. The van der Waals surface area contributed by atoms with Gasteiger partial charge in [-0.3, -0.25) is 14.5 Å². The smallest absolute Gasteiger partial charge is 0.254 e. The predicted octanol–water partition coefficient (Wildman–Crippen LogP) is 3.15. The largest absolute Gasteiger partial charge is 0.464 e. The third kappa shape index (κ3) is 4.42.